The van der Waals surface area contributed by atoms with Gasteiger partial charge in [-0.2, -0.15) is 0 Å². The molecule has 0 aliphatic heterocycles. The van der Waals surface area contributed by atoms with E-state index in [1.165, 1.54) is 11.3 Å². The molecule has 0 saturated carbocycles. The van der Waals surface area contributed by atoms with Gasteiger partial charge in [-0.3, -0.25) is 9.59 Å². The minimum atomic E-state index is -0.823. The van der Waals surface area contributed by atoms with Gasteiger partial charge in [-0.25, -0.2) is 0 Å². The first-order valence-electron chi connectivity index (χ1n) is 11.3. The second-order valence-corrected chi connectivity index (χ2v) is 8.46. The van der Waals surface area contributed by atoms with Crippen molar-refractivity contribution in [3.8, 4) is 5.75 Å². The molecule has 1 atom stereocenters. The number of nitrogens with zero attached hydrogens (tertiary/aromatic N) is 1. The number of nitrogens with two attached hydrogens (primary N) is 1. The summed E-state index contributed by atoms with van der Waals surface area (Å²) in [5, 5.41) is 9.91. The molecule has 1 unspecified atom stereocenters. The fourth-order valence-electron chi connectivity index (χ4n) is 4.82. The zero-order valence-corrected chi connectivity index (χ0v) is 18.5. The Morgan fingerprint density at radius 1 is 1.22 bits per heavy atom. The van der Waals surface area contributed by atoms with Crippen LogP contribution in [0.3, 0.4) is 0 Å². The average molecular weight is 435 g/mol. The molecule has 0 spiro atoms. The minimum absolute atomic E-state index is 0.0797. The SMILES string of the molecule is CCc1cc2c(cc1OCCCC(=O)O)c1c(n2Cc2ccccc2)CCCC1C(N)=O. The van der Waals surface area contributed by atoms with E-state index < -0.39 is 5.97 Å². The number of amides is 1. The molecule has 3 N–H and O–H groups in total. The van der Waals surface area contributed by atoms with Crippen molar-refractivity contribution in [3.63, 3.8) is 0 Å². The van der Waals surface area contributed by atoms with Crippen molar-refractivity contribution in [2.24, 2.45) is 5.73 Å². The van der Waals surface area contributed by atoms with Gasteiger partial charge in [0.05, 0.1) is 12.5 Å². The van der Waals surface area contributed by atoms with Crippen LogP contribution in [0, 0.1) is 0 Å². The Balaban J connectivity index is 1.82. The van der Waals surface area contributed by atoms with Gasteiger partial charge in [0.25, 0.3) is 0 Å². The van der Waals surface area contributed by atoms with Crippen LogP contribution in [-0.4, -0.2) is 28.2 Å². The van der Waals surface area contributed by atoms with Crippen LogP contribution in [0.5, 0.6) is 5.75 Å². The fourth-order valence-corrected chi connectivity index (χ4v) is 4.82. The lowest BCUT2D eigenvalue weighted by Gasteiger charge is -2.22. The molecule has 0 saturated heterocycles. The lowest BCUT2D eigenvalue weighted by atomic mass is 9.84. The smallest absolute Gasteiger partial charge is 0.303 e. The second kappa shape index (κ2) is 9.47. The number of carbonyl (C=O) groups excluding carboxylic acids is 1. The lowest BCUT2D eigenvalue weighted by Crippen LogP contribution is -2.25. The third-order valence-corrected chi connectivity index (χ3v) is 6.35. The van der Waals surface area contributed by atoms with Gasteiger partial charge in [-0.05, 0) is 60.9 Å². The summed E-state index contributed by atoms with van der Waals surface area (Å²) in [6, 6.07) is 14.5. The Labute approximate surface area is 188 Å². The van der Waals surface area contributed by atoms with Crippen LogP contribution in [0.25, 0.3) is 10.9 Å². The van der Waals surface area contributed by atoms with E-state index in [4.69, 9.17) is 15.6 Å². The van der Waals surface area contributed by atoms with Crippen molar-refractivity contribution in [2.75, 3.05) is 6.61 Å². The van der Waals surface area contributed by atoms with Crippen LogP contribution in [0.15, 0.2) is 42.5 Å². The second-order valence-electron chi connectivity index (χ2n) is 8.46. The first-order chi connectivity index (χ1) is 15.5. The van der Waals surface area contributed by atoms with Crippen LogP contribution < -0.4 is 10.5 Å². The van der Waals surface area contributed by atoms with Gasteiger partial charge >= 0.3 is 5.97 Å². The average Bonchev–Trinajstić information content (AvgIpc) is 3.09. The summed E-state index contributed by atoms with van der Waals surface area (Å²) < 4.78 is 8.35. The molecule has 3 aromatic rings. The molecule has 1 heterocycles. The van der Waals surface area contributed by atoms with E-state index in [9.17, 15) is 9.59 Å². The summed E-state index contributed by atoms with van der Waals surface area (Å²) in [4.78, 5) is 23.2. The highest BCUT2D eigenvalue weighted by Crippen LogP contribution is 2.42. The van der Waals surface area contributed by atoms with Crippen molar-refractivity contribution in [2.45, 2.75) is 57.9 Å². The minimum Gasteiger partial charge on any atom is -0.493 e. The van der Waals surface area contributed by atoms with Gasteiger partial charge in [-0.15, -0.1) is 0 Å². The molecule has 2 aromatic carbocycles. The number of carboxylic acids is 1. The van der Waals surface area contributed by atoms with Gasteiger partial charge in [0.2, 0.25) is 5.91 Å². The van der Waals surface area contributed by atoms with Crippen molar-refractivity contribution < 1.29 is 19.4 Å². The van der Waals surface area contributed by atoms with Crippen LogP contribution in [0.4, 0.5) is 0 Å². The first kappa shape index (κ1) is 21.9. The summed E-state index contributed by atoms with van der Waals surface area (Å²) in [6.07, 6.45) is 3.94. The molecule has 0 bridgehead atoms. The molecule has 168 valence electrons. The summed E-state index contributed by atoms with van der Waals surface area (Å²) in [5.74, 6) is -0.645. The maximum Gasteiger partial charge on any atom is 0.303 e. The van der Waals surface area contributed by atoms with Gasteiger partial charge < -0.3 is 20.1 Å². The molecule has 1 amide bonds. The monoisotopic (exact) mass is 434 g/mol. The van der Waals surface area contributed by atoms with Crippen LogP contribution in [0.2, 0.25) is 0 Å². The number of benzene rings is 2. The number of carbonyl (C=O) groups is 2. The Hall–Kier alpha value is -3.28. The normalized spacial score (nSPS) is 15.5. The predicted octanol–water partition coefficient (Wildman–Crippen LogP) is 4.40. The van der Waals surface area contributed by atoms with Crippen molar-refractivity contribution >= 4 is 22.8 Å². The molecule has 6 heteroatoms. The van der Waals surface area contributed by atoms with Crippen molar-refractivity contribution in [1.29, 1.82) is 0 Å². The first-order valence-corrected chi connectivity index (χ1v) is 11.3. The van der Waals surface area contributed by atoms with Crippen molar-refractivity contribution in [3.05, 3.63) is 64.8 Å². The van der Waals surface area contributed by atoms with Gasteiger partial charge in [0.15, 0.2) is 0 Å². The van der Waals surface area contributed by atoms with Crippen LogP contribution in [0.1, 0.15) is 60.9 Å². The maximum absolute atomic E-state index is 12.3. The van der Waals surface area contributed by atoms with E-state index in [2.05, 4.69) is 29.7 Å². The van der Waals surface area contributed by atoms with E-state index in [-0.39, 0.29) is 18.2 Å². The number of aryl methyl sites for hydroxylation is 1. The van der Waals surface area contributed by atoms with E-state index in [1.807, 2.05) is 24.3 Å². The molecular weight excluding hydrogens is 404 g/mol. The highest BCUT2D eigenvalue weighted by molar-refractivity contribution is 5.94. The number of carboxylic acid groups (broad SMARTS) is 1. The Kier molecular flexibility index (Phi) is 6.49. The molecule has 1 aliphatic rings. The number of ether oxygens (including phenoxy) is 1. The molecule has 32 heavy (non-hydrogen) atoms. The van der Waals surface area contributed by atoms with Crippen LogP contribution in [-0.2, 0) is 29.0 Å². The number of fused-ring (bicyclic) bond motifs is 3. The lowest BCUT2D eigenvalue weighted by molar-refractivity contribution is -0.137. The third kappa shape index (κ3) is 4.35. The molecular formula is C26H30N2O4. The Morgan fingerprint density at radius 2 is 2.00 bits per heavy atom. The van der Waals surface area contributed by atoms with E-state index in [0.29, 0.717) is 13.0 Å². The summed E-state index contributed by atoms with van der Waals surface area (Å²) >= 11 is 0. The molecule has 0 radical (unpaired) electrons. The number of primary amides is 1. The quantitative estimate of drug-likeness (QED) is 0.488. The van der Waals surface area contributed by atoms with E-state index in [0.717, 1.165) is 60.0 Å². The standard InChI is InChI=1S/C26H30N2O4/c1-2-18-14-22-20(15-23(18)32-13-7-12-24(29)30)25-19(26(27)31)10-6-11-21(25)28(22)16-17-8-4-3-5-9-17/h3-5,8-9,14-15,19H,2,6-7,10-13,16H2,1H3,(H2,27,31)(H,29,30). The number of aromatic nitrogens is 1. The predicted molar refractivity (Wildman–Crippen MR) is 124 cm³/mol. The largest absolute Gasteiger partial charge is 0.493 e. The Morgan fingerprint density at radius 3 is 2.69 bits per heavy atom. The Bertz CT molecular complexity index is 1130. The highest BCUT2D eigenvalue weighted by atomic mass is 16.5. The van der Waals surface area contributed by atoms with E-state index in [1.54, 1.807) is 0 Å². The summed E-state index contributed by atoms with van der Waals surface area (Å²) in [5.41, 5.74) is 11.4. The number of rotatable bonds is 9. The molecule has 4 rings (SSSR count). The maximum atomic E-state index is 12.3. The van der Waals surface area contributed by atoms with Crippen molar-refractivity contribution in [1.82, 2.24) is 4.57 Å². The third-order valence-electron chi connectivity index (χ3n) is 6.35. The van der Waals surface area contributed by atoms with E-state index >= 15 is 0 Å². The van der Waals surface area contributed by atoms with Gasteiger partial charge in [0.1, 0.15) is 5.75 Å². The zero-order chi connectivity index (χ0) is 22.7. The topological polar surface area (TPSA) is 94.6 Å². The van der Waals surface area contributed by atoms with Gasteiger partial charge in [0, 0.05) is 29.6 Å². The fraction of sp³-hybridized carbons (Fsp3) is 0.385. The molecule has 1 aromatic heterocycles. The molecule has 6 nitrogen and oxygen atoms in total. The molecule has 0 fully saturated rings. The number of hydrogen-bond acceptors (Lipinski definition) is 3. The number of aliphatic carboxylic acids is 1. The summed E-state index contributed by atoms with van der Waals surface area (Å²) in [7, 11) is 0. The summed E-state index contributed by atoms with van der Waals surface area (Å²) in [6.45, 7) is 3.17. The van der Waals surface area contributed by atoms with Crippen LogP contribution >= 0.6 is 0 Å². The van der Waals surface area contributed by atoms with Gasteiger partial charge in [-0.1, -0.05) is 37.3 Å². The molecule has 1 aliphatic carbocycles. The zero-order valence-electron chi connectivity index (χ0n) is 18.5. The number of hydrogen-bond donors (Lipinski definition) is 2. The highest BCUT2D eigenvalue weighted by Gasteiger charge is 2.31.